The molecule has 1 heterocycles. The van der Waals surface area contributed by atoms with Gasteiger partial charge in [0.2, 0.25) is 0 Å². The maximum absolute atomic E-state index is 12.5. The molecule has 12 heavy (non-hydrogen) atoms. The van der Waals surface area contributed by atoms with E-state index in [-0.39, 0.29) is 5.82 Å². The summed E-state index contributed by atoms with van der Waals surface area (Å²) in [6.45, 7) is 0. The average Bonchev–Trinajstić information content (AvgIpc) is 2.58. The van der Waals surface area contributed by atoms with E-state index in [1.165, 1.54) is 12.1 Å². The quantitative estimate of drug-likeness (QED) is 0.551. The summed E-state index contributed by atoms with van der Waals surface area (Å²) < 4.78 is 15.6. The topological polar surface area (TPSA) is 12.0 Å². The lowest BCUT2D eigenvalue weighted by Gasteiger charge is -2.00. The fourth-order valence-corrected chi connectivity index (χ4v) is 2.50. The van der Waals surface area contributed by atoms with Crippen LogP contribution in [0, 0.1) is 5.82 Å². The van der Waals surface area contributed by atoms with Crippen molar-refractivity contribution in [1.82, 2.24) is 4.72 Å². The van der Waals surface area contributed by atoms with Crippen LogP contribution in [0.15, 0.2) is 29.7 Å². The Morgan fingerprint density at radius 1 is 1.17 bits per heavy atom. The molecule has 0 fully saturated rings. The van der Waals surface area contributed by atoms with Crippen molar-refractivity contribution < 1.29 is 4.39 Å². The first kappa shape index (κ1) is 8.01. The fraction of sp³-hybridized carbons (Fsp3) is 0. The van der Waals surface area contributed by atoms with Crippen LogP contribution in [0.4, 0.5) is 4.39 Å². The Bertz CT molecular complexity index is 307. The van der Waals surface area contributed by atoms with Crippen LogP contribution < -0.4 is 4.72 Å². The third-order valence-electron chi connectivity index (χ3n) is 1.52. The predicted molar refractivity (Wildman–Crippen MR) is 52.7 cm³/mol. The van der Waals surface area contributed by atoms with Crippen molar-refractivity contribution >= 4 is 27.5 Å². The van der Waals surface area contributed by atoms with Crippen LogP contribution in [-0.2, 0) is 0 Å². The molecule has 1 aromatic rings. The molecule has 1 aliphatic rings. The minimum absolute atomic E-state index is 0.197. The second-order valence-electron chi connectivity index (χ2n) is 2.32. The predicted octanol–water partition coefficient (Wildman–Crippen LogP) is 3.02. The van der Waals surface area contributed by atoms with Crippen molar-refractivity contribution in [3.8, 4) is 0 Å². The molecule has 1 aliphatic heterocycles. The van der Waals surface area contributed by atoms with Gasteiger partial charge in [0.1, 0.15) is 5.82 Å². The van der Waals surface area contributed by atoms with Gasteiger partial charge in [-0.3, -0.25) is 0 Å². The summed E-state index contributed by atoms with van der Waals surface area (Å²) in [5.41, 5.74) is 2.07. The molecule has 62 valence electrons. The molecule has 0 saturated heterocycles. The van der Waals surface area contributed by atoms with E-state index >= 15 is 0 Å². The molecular formula is C8H6FNS2. The molecule has 0 atom stereocenters. The largest absolute Gasteiger partial charge is 0.319 e. The molecule has 0 radical (unpaired) electrons. The summed E-state index contributed by atoms with van der Waals surface area (Å²) in [7, 11) is 3.19. The van der Waals surface area contributed by atoms with Gasteiger partial charge in [-0.25, -0.2) is 4.39 Å². The first-order chi connectivity index (χ1) is 5.86. The summed E-state index contributed by atoms with van der Waals surface area (Å²) in [5.74, 6) is -0.197. The van der Waals surface area contributed by atoms with Gasteiger partial charge in [-0.15, -0.1) is 0 Å². The summed E-state index contributed by atoms with van der Waals surface area (Å²) in [4.78, 5) is 0. The van der Waals surface area contributed by atoms with Gasteiger partial charge in [-0.05, 0) is 40.6 Å². The average molecular weight is 199 g/mol. The van der Waals surface area contributed by atoms with Gasteiger partial charge in [-0.2, -0.15) is 0 Å². The van der Waals surface area contributed by atoms with Crippen molar-refractivity contribution in [2.24, 2.45) is 0 Å². The van der Waals surface area contributed by atoms with E-state index in [0.29, 0.717) is 0 Å². The van der Waals surface area contributed by atoms with Crippen LogP contribution in [0.25, 0.3) is 5.70 Å². The highest BCUT2D eigenvalue weighted by Gasteiger charge is 2.06. The number of hydrogen-bond donors (Lipinski definition) is 1. The summed E-state index contributed by atoms with van der Waals surface area (Å²) in [6, 6.07) is 6.46. The van der Waals surface area contributed by atoms with Crippen LogP contribution in [0.5, 0.6) is 0 Å². The Morgan fingerprint density at radius 3 is 2.50 bits per heavy atom. The molecule has 1 N–H and O–H groups in total. The summed E-state index contributed by atoms with van der Waals surface area (Å²) >= 11 is 0. The normalized spacial score (nSPS) is 15.6. The van der Waals surface area contributed by atoms with Crippen LogP contribution in [-0.4, -0.2) is 0 Å². The Balaban J connectivity index is 2.28. The van der Waals surface area contributed by atoms with Gasteiger partial charge in [0.15, 0.2) is 0 Å². The lowest BCUT2D eigenvalue weighted by molar-refractivity contribution is 0.627. The molecule has 0 spiro atoms. The van der Waals surface area contributed by atoms with Crippen molar-refractivity contribution in [3.63, 3.8) is 0 Å². The van der Waals surface area contributed by atoms with E-state index in [1.807, 2.05) is 5.41 Å². The van der Waals surface area contributed by atoms with E-state index < -0.39 is 0 Å². The van der Waals surface area contributed by atoms with Gasteiger partial charge in [0.25, 0.3) is 0 Å². The van der Waals surface area contributed by atoms with Gasteiger partial charge in [0, 0.05) is 16.4 Å². The third-order valence-corrected chi connectivity index (χ3v) is 3.08. The number of rotatable bonds is 1. The van der Waals surface area contributed by atoms with Crippen molar-refractivity contribution in [2.75, 3.05) is 0 Å². The fourth-order valence-electron chi connectivity index (χ4n) is 0.922. The van der Waals surface area contributed by atoms with Gasteiger partial charge < -0.3 is 4.72 Å². The smallest absolute Gasteiger partial charge is 0.123 e. The molecular weight excluding hydrogens is 193 g/mol. The minimum Gasteiger partial charge on any atom is -0.319 e. The van der Waals surface area contributed by atoms with Crippen LogP contribution in [0.1, 0.15) is 5.56 Å². The molecule has 0 saturated carbocycles. The van der Waals surface area contributed by atoms with Crippen LogP contribution in [0.2, 0.25) is 0 Å². The Hall–Kier alpha value is -0.610. The number of benzene rings is 1. The zero-order chi connectivity index (χ0) is 8.39. The second kappa shape index (κ2) is 3.41. The van der Waals surface area contributed by atoms with Gasteiger partial charge in [-0.1, -0.05) is 0 Å². The zero-order valence-corrected chi connectivity index (χ0v) is 7.71. The third kappa shape index (κ3) is 1.59. The monoisotopic (exact) mass is 199 g/mol. The van der Waals surface area contributed by atoms with E-state index in [2.05, 4.69) is 4.72 Å². The van der Waals surface area contributed by atoms with Crippen molar-refractivity contribution in [1.29, 1.82) is 0 Å². The molecule has 1 aromatic carbocycles. The second-order valence-corrected chi connectivity index (χ2v) is 4.20. The lowest BCUT2D eigenvalue weighted by Crippen LogP contribution is -1.95. The molecule has 1 nitrogen and oxygen atoms in total. The van der Waals surface area contributed by atoms with Crippen molar-refractivity contribution in [3.05, 3.63) is 41.1 Å². The highest BCUT2D eigenvalue weighted by molar-refractivity contribution is 8.77. The number of nitrogens with one attached hydrogen (secondary N) is 1. The molecule has 4 heteroatoms. The highest BCUT2D eigenvalue weighted by Crippen LogP contribution is 2.33. The molecule has 2 rings (SSSR count). The molecule has 0 aliphatic carbocycles. The summed E-state index contributed by atoms with van der Waals surface area (Å²) in [6.07, 6.45) is 0. The maximum Gasteiger partial charge on any atom is 0.123 e. The summed E-state index contributed by atoms with van der Waals surface area (Å²) in [5, 5.41) is 2.01. The van der Waals surface area contributed by atoms with E-state index in [9.17, 15) is 4.39 Å². The van der Waals surface area contributed by atoms with E-state index in [4.69, 9.17) is 0 Å². The maximum atomic E-state index is 12.5. The standard InChI is InChI=1S/C8H6FNS2/c9-7-3-1-6(2-4-7)8-5-11-12-10-8/h1-5,10H. The minimum atomic E-state index is -0.197. The van der Waals surface area contributed by atoms with Crippen molar-refractivity contribution in [2.45, 2.75) is 0 Å². The lowest BCUT2D eigenvalue weighted by atomic mass is 10.2. The molecule has 0 bridgehead atoms. The molecule has 0 unspecified atom stereocenters. The van der Waals surface area contributed by atoms with Gasteiger partial charge in [0.05, 0.1) is 5.70 Å². The van der Waals surface area contributed by atoms with Gasteiger partial charge >= 0.3 is 0 Å². The van der Waals surface area contributed by atoms with Crippen LogP contribution >= 0.6 is 21.8 Å². The zero-order valence-electron chi connectivity index (χ0n) is 6.08. The van der Waals surface area contributed by atoms with Crippen LogP contribution in [0.3, 0.4) is 0 Å². The molecule has 0 amide bonds. The number of hydrogen-bond acceptors (Lipinski definition) is 3. The van der Waals surface area contributed by atoms with E-state index in [0.717, 1.165) is 11.3 Å². The Labute approximate surface area is 78.0 Å². The molecule has 0 aromatic heterocycles. The highest BCUT2D eigenvalue weighted by atomic mass is 33.1. The SMILES string of the molecule is Fc1ccc(C2=CSSN2)cc1. The first-order valence-electron chi connectivity index (χ1n) is 3.41. The Morgan fingerprint density at radius 2 is 1.92 bits per heavy atom. The van der Waals surface area contributed by atoms with E-state index in [1.54, 1.807) is 33.9 Å². The Kier molecular flexibility index (Phi) is 2.28. The number of halogens is 1. The first-order valence-corrected chi connectivity index (χ1v) is 5.62.